The van der Waals surface area contributed by atoms with E-state index in [2.05, 4.69) is 36.7 Å². The molecule has 1 aromatic rings. The summed E-state index contributed by atoms with van der Waals surface area (Å²) in [5.41, 5.74) is 0.191. The molecule has 0 amide bonds. The third-order valence-electron chi connectivity index (χ3n) is 1.37. The average Bonchev–Trinajstić information content (AvgIpc) is 2.11. The monoisotopic (exact) mass is 252 g/mol. The van der Waals surface area contributed by atoms with Gasteiger partial charge in [0.2, 0.25) is 0 Å². The van der Waals surface area contributed by atoms with Crippen molar-refractivity contribution in [3.63, 3.8) is 0 Å². The van der Waals surface area contributed by atoms with Crippen LogP contribution in [0, 0.1) is 0 Å². The predicted octanol–water partition coefficient (Wildman–Crippen LogP) is 4.46. The fraction of sp³-hybridized carbons (Fsp3) is 0.500. The Balaban J connectivity index is 3.15. The van der Waals surface area contributed by atoms with E-state index < -0.39 is 0 Å². The summed E-state index contributed by atoms with van der Waals surface area (Å²) in [6, 6.07) is 0. The number of halogens is 2. The second-order valence-electron chi connectivity index (χ2n) is 3.48. The van der Waals surface area contributed by atoms with Crippen LogP contribution in [0.1, 0.15) is 25.6 Å². The summed E-state index contributed by atoms with van der Waals surface area (Å²) < 4.78 is 1.05. The number of rotatable bonds is 0. The molecule has 0 aromatic carbocycles. The predicted molar refractivity (Wildman–Crippen MR) is 55.7 cm³/mol. The lowest BCUT2D eigenvalue weighted by atomic mass is 9.95. The molecule has 0 aliphatic rings. The lowest BCUT2D eigenvalue weighted by Crippen LogP contribution is -2.08. The van der Waals surface area contributed by atoms with E-state index in [-0.39, 0.29) is 5.41 Å². The fourth-order valence-electron chi connectivity index (χ4n) is 0.829. The van der Waals surface area contributed by atoms with E-state index >= 15 is 0 Å². The molecule has 0 unspecified atom stereocenters. The van der Waals surface area contributed by atoms with Gasteiger partial charge >= 0.3 is 0 Å². The zero-order valence-electron chi connectivity index (χ0n) is 6.74. The van der Waals surface area contributed by atoms with Gasteiger partial charge in [0.1, 0.15) is 0 Å². The van der Waals surface area contributed by atoms with Crippen molar-refractivity contribution in [3.05, 3.63) is 19.8 Å². The lowest BCUT2D eigenvalue weighted by molar-refractivity contribution is 0.601. The topological polar surface area (TPSA) is 0 Å². The summed E-state index contributed by atoms with van der Waals surface area (Å²) in [6.07, 6.45) is 0. The minimum Gasteiger partial charge on any atom is -0.146 e. The minimum absolute atomic E-state index is 0.191. The highest BCUT2D eigenvalue weighted by atomic mass is 79.9. The Kier molecular flexibility index (Phi) is 2.67. The Labute approximate surface area is 84.7 Å². The number of thiophene rings is 1. The van der Waals surface area contributed by atoms with Gasteiger partial charge in [0.25, 0.3) is 0 Å². The molecule has 0 bridgehead atoms. The molecule has 1 aromatic heterocycles. The smallest absolute Gasteiger partial charge is 0.0658 e. The van der Waals surface area contributed by atoms with E-state index in [1.165, 1.54) is 4.88 Å². The van der Waals surface area contributed by atoms with Crippen LogP contribution in [0.15, 0.2) is 9.85 Å². The molecule has 0 fully saturated rings. The zero-order valence-corrected chi connectivity index (χ0v) is 9.90. The Hall–Kier alpha value is 0.470. The van der Waals surface area contributed by atoms with Crippen LogP contribution in [0.25, 0.3) is 0 Å². The standard InChI is InChI=1S/C8H10BrClS/c1-8(2,3)7-6(9)5(10)4-11-7/h4H,1-3H3. The first-order valence-electron chi connectivity index (χ1n) is 3.36. The van der Waals surface area contributed by atoms with Crippen molar-refractivity contribution < 1.29 is 0 Å². The van der Waals surface area contributed by atoms with Crippen molar-refractivity contribution in [2.45, 2.75) is 26.2 Å². The minimum atomic E-state index is 0.191. The van der Waals surface area contributed by atoms with Crippen LogP contribution >= 0.6 is 38.9 Å². The summed E-state index contributed by atoms with van der Waals surface area (Å²) in [6.45, 7) is 6.54. The third kappa shape index (κ3) is 1.98. The van der Waals surface area contributed by atoms with Crippen LogP contribution in [-0.2, 0) is 5.41 Å². The molecular weight excluding hydrogens is 244 g/mol. The maximum Gasteiger partial charge on any atom is 0.0658 e. The molecule has 62 valence electrons. The molecular formula is C8H10BrClS. The maximum absolute atomic E-state index is 5.90. The van der Waals surface area contributed by atoms with E-state index in [1.54, 1.807) is 11.3 Å². The van der Waals surface area contributed by atoms with Crippen molar-refractivity contribution >= 4 is 38.9 Å². The third-order valence-corrected chi connectivity index (χ3v) is 4.52. The molecule has 0 N–H and O–H groups in total. The van der Waals surface area contributed by atoms with Gasteiger partial charge < -0.3 is 0 Å². The second-order valence-corrected chi connectivity index (χ2v) is 5.56. The van der Waals surface area contributed by atoms with E-state index in [9.17, 15) is 0 Å². The van der Waals surface area contributed by atoms with Crippen molar-refractivity contribution in [1.29, 1.82) is 0 Å². The van der Waals surface area contributed by atoms with Crippen LogP contribution in [0.4, 0.5) is 0 Å². The lowest BCUT2D eigenvalue weighted by Gasteiger charge is -2.16. The van der Waals surface area contributed by atoms with Crippen LogP contribution in [0.3, 0.4) is 0 Å². The summed E-state index contributed by atoms with van der Waals surface area (Å²) in [5.74, 6) is 0. The van der Waals surface area contributed by atoms with E-state index in [1.807, 2.05) is 5.38 Å². The first-order chi connectivity index (χ1) is 4.93. The first kappa shape index (κ1) is 9.56. The van der Waals surface area contributed by atoms with E-state index in [0.717, 1.165) is 9.50 Å². The van der Waals surface area contributed by atoms with Crippen molar-refractivity contribution in [2.24, 2.45) is 0 Å². The number of hydrogen-bond donors (Lipinski definition) is 0. The highest BCUT2D eigenvalue weighted by molar-refractivity contribution is 9.10. The molecule has 1 rings (SSSR count). The molecule has 0 saturated heterocycles. The molecule has 1 heterocycles. The molecule has 0 aliphatic heterocycles. The summed E-state index contributed by atoms with van der Waals surface area (Å²) >= 11 is 11.1. The Bertz CT molecular complexity index is 260. The van der Waals surface area contributed by atoms with Crippen molar-refractivity contribution in [2.75, 3.05) is 0 Å². The van der Waals surface area contributed by atoms with E-state index in [0.29, 0.717) is 0 Å². The van der Waals surface area contributed by atoms with Gasteiger partial charge in [0, 0.05) is 10.3 Å². The summed E-state index contributed by atoms with van der Waals surface area (Å²) in [5, 5.41) is 2.78. The summed E-state index contributed by atoms with van der Waals surface area (Å²) in [7, 11) is 0. The van der Waals surface area contributed by atoms with Crippen LogP contribution < -0.4 is 0 Å². The Morgan fingerprint density at radius 2 is 2.00 bits per heavy atom. The van der Waals surface area contributed by atoms with Gasteiger partial charge in [-0.2, -0.15) is 0 Å². The molecule has 0 saturated carbocycles. The molecule has 0 radical (unpaired) electrons. The molecule has 0 nitrogen and oxygen atoms in total. The van der Waals surface area contributed by atoms with Gasteiger partial charge in [0.05, 0.1) is 9.50 Å². The molecule has 11 heavy (non-hydrogen) atoms. The Morgan fingerprint density at radius 1 is 1.45 bits per heavy atom. The first-order valence-corrected chi connectivity index (χ1v) is 5.41. The molecule has 0 aliphatic carbocycles. The van der Waals surface area contributed by atoms with Gasteiger partial charge in [0.15, 0.2) is 0 Å². The molecule has 0 atom stereocenters. The number of hydrogen-bond acceptors (Lipinski definition) is 1. The Morgan fingerprint density at radius 3 is 2.18 bits per heavy atom. The summed E-state index contributed by atoms with van der Waals surface area (Å²) in [4.78, 5) is 1.31. The highest BCUT2D eigenvalue weighted by Crippen LogP contribution is 2.39. The largest absolute Gasteiger partial charge is 0.146 e. The highest BCUT2D eigenvalue weighted by Gasteiger charge is 2.20. The average molecular weight is 254 g/mol. The van der Waals surface area contributed by atoms with Crippen molar-refractivity contribution in [3.8, 4) is 0 Å². The van der Waals surface area contributed by atoms with Gasteiger partial charge in [-0.3, -0.25) is 0 Å². The molecule has 0 spiro atoms. The van der Waals surface area contributed by atoms with Gasteiger partial charge in [-0.15, -0.1) is 11.3 Å². The SMILES string of the molecule is CC(C)(C)c1scc(Cl)c1Br. The van der Waals surface area contributed by atoms with Gasteiger partial charge in [-0.25, -0.2) is 0 Å². The molecule has 3 heteroatoms. The van der Waals surface area contributed by atoms with Gasteiger partial charge in [-0.05, 0) is 21.3 Å². The van der Waals surface area contributed by atoms with Crippen LogP contribution in [0.5, 0.6) is 0 Å². The maximum atomic E-state index is 5.90. The zero-order chi connectivity index (χ0) is 8.65. The normalized spacial score (nSPS) is 12.1. The van der Waals surface area contributed by atoms with Crippen LogP contribution in [-0.4, -0.2) is 0 Å². The fourth-order valence-corrected chi connectivity index (χ4v) is 3.16. The van der Waals surface area contributed by atoms with Crippen LogP contribution in [0.2, 0.25) is 5.02 Å². The second kappa shape index (κ2) is 3.08. The van der Waals surface area contributed by atoms with Crippen molar-refractivity contribution in [1.82, 2.24) is 0 Å². The van der Waals surface area contributed by atoms with Gasteiger partial charge in [-0.1, -0.05) is 32.4 Å². The van der Waals surface area contributed by atoms with E-state index in [4.69, 9.17) is 11.6 Å². The quantitative estimate of drug-likeness (QED) is 0.640.